The summed E-state index contributed by atoms with van der Waals surface area (Å²) in [6, 6.07) is 22.0. The van der Waals surface area contributed by atoms with Crippen molar-refractivity contribution in [3.63, 3.8) is 0 Å². The highest BCUT2D eigenvalue weighted by atomic mass is 35.5. The predicted molar refractivity (Wildman–Crippen MR) is 132 cm³/mol. The SMILES string of the molecule is COc1cccc(CNc2nc(NCc3cccc(OC)c3)n(C(=O)c3ccc(Cl)cc3)n2)c1. The van der Waals surface area contributed by atoms with Gasteiger partial charge >= 0.3 is 0 Å². The molecule has 2 N–H and O–H groups in total. The number of hydrogen-bond donors (Lipinski definition) is 2. The van der Waals surface area contributed by atoms with Gasteiger partial charge in [-0.25, -0.2) is 0 Å². The molecule has 0 amide bonds. The molecular formula is C25H24ClN5O3. The molecule has 3 aromatic carbocycles. The van der Waals surface area contributed by atoms with Gasteiger partial charge in [-0.3, -0.25) is 4.79 Å². The summed E-state index contributed by atoms with van der Waals surface area (Å²) in [5, 5.41) is 11.3. The third-order valence-corrected chi connectivity index (χ3v) is 5.31. The van der Waals surface area contributed by atoms with E-state index >= 15 is 0 Å². The first-order chi connectivity index (χ1) is 16.6. The molecule has 9 heteroatoms. The van der Waals surface area contributed by atoms with E-state index in [-0.39, 0.29) is 5.91 Å². The average Bonchev–Trinajstić information content (AvgIpc) is 3.29. The first-order valence-electron chi connectivity index (χ1n) is 10.6. The minimum atomic E-state index is -0.327. The molecule has 8 nitrogen and oxygen atoms in total. The number of methoxy groups -OCH3 is 2. The first kappa shape index (κ1) is 23.1. The van der Waals surface area contributed by atoms with Crippen molar-refractivity contribution in [1.29, 1.82) is 0 Å². The summed E-state index contributed by atoms with van der Waals surface area (Å²) in [5.41, 5.74) is 2.41. The molecule has 34 heavy (non-hydrogen) atoms. The molecule has 4 rings (SSSR count). The molecule has 174 valence electrons. The zero-order valence-corrected chi connectivity index (χ0v) is 19.5. The summed E-state index contributed by atoms with van der Waals surface area (Å²) in [7, 11) is 3.24. The summed E-state index contributed by atoms with van der Waals surface area (Å²) in [4.78, 5) is 17.7. The standard InChI is InChI=1S/C25H24ClN5O3/c1-33-21-7-3-5-17(13-21)15-27-24-29-25(28-16-18-6-4-8-22(14-18)34-2)31(30-24)23(32)19-9-11-20(26)12-10-19/h3-14H,15-16H2,1-2H3,(H2,27,28,29,30). The molecule has 0 unspecified atom stereocenters. The summed E-state index contributed by atoms with van der Waals surface area (Å²) >= 11 is 5.97. The van der Waals surface area contributed by atoms with E-state index in [2.05, 4.69) is 20.7 Å². The van der Waals surface area contributed by atoms with E-state index in [1.165, 1.54) is 4.68 Å². The van der Waals surface area contributed by atoms with Crippen LogP contribution in [0.15, 0.2) is 72.8 Å². The average molecular weight is 478 g/mol. The summed E-state index contributed by atoms with van der Waals surface area (Å²) < 4.78 is 11.8. The van der Waals surface area contributed by atoms with Crippen LogP contribution in [0.1, 0.15) is 21.5 Å². The Morgan fingerprint density at radius 2 is 1.47 bits per heavy atom. The Morgan fingerprint density at radius 1 is 0.882 bits per heavy atom. The van der Waals surface area contributed by atoms with Crippen LogP contribution in [0, 0.1) is 0 Å². The smallest absolute Gasteiger partial charge is 0.281 e. The Morgan fingerprint density at radius 3 is 2.06 bits per heavy atom. The van der Waals surface area contributed by atoms with Crippen molar-refractivity contribution in [2.24, 2.45) is 0 Å². The van der Waals surface area contributed by atoms with E-state index in [0.717, 1.165) is 22.6 Å². The number of anilines is 2. The number of ether oxygens (including phenoxy) is 2. The number of carbonyl (C=O) groups excluding carboxylic acids is 1. The highest BCUT2D eigenvalue weighted by Gasteiger charge is 2.18. The van der Waals surface area contributed by atoms with Crippen LogP contribution in [0.2, 0.25) is 5.02 Å². The van der Waals surface area contributed by atoms with Gasteiger partial charge in [0.15, 0.2) is 0 Å². The molecule has 4 aromatic rings. The summed E-state index contributed by atoms with van der Waals surface area (Å²) in [5.74, 6) is 1.82. The molecular weight excluding hydrogens is 454 g/mol. The number of benzene rings is 3. The number of halogens is 1. The summed E-state index contributed by atoms with van der Waals surface area (Å²) in [6.45, 7) is 0.894. The largest absolute Gasteiger partial charge is 0.497 e. The molecule has 1 heterocycles. The maximum Gasteiger partial charge on any atom is 0.281 e. The molecule has 0 saturated carbocycles. The van der Waals surface area contributed by atoms with Gasteiger partial charge in [0.2, 0.25) is 11.9 Å². The van der Waals surface area contributed by atoms with E-state index in [4.69, 9.17) is 21.1 Å². The van der Waals surface area contributed by atoms with Crippen LogP contribution in [0.4, 0.5) is 11.9 Å². The Balaban J connectivity index is 1.57. The van der Waals surface area contributed by atoms with Crippen molar-refractivity contribution in [3.8, 4) is 11.5 Å². The zero-order valence-electron chi connectivity index (χ0n) is 18.8. The van der Waals surface area contributed by atoms with Crippen molar-refractivity contribution in [3.05, 3.63) is 94.5 Å². The van der Waals surface area contributed by atoms with Gasteiger partial charge in [0, 0.05) is 23.7 Å². The van der Waals surface area contributed by atoms with Gasteiger partial charge in [-0.15, -0.1) is 5.10 Å². The van der Waals surface area contributed by atoms with Crippen molar-refractivity contribution in [1.82, 2.24) is 14.8 Å². The fraction of sp³-hybridized carbons (Fsp3) is 0.160. The molecule has 0 aliphatic carbocycles. The van der Waals surface area contributed by atoms with Crippen LogP contribution in [0.5, 0.6) is 11.5 Å². The van der Waals surface area contributed by atoms with Crippen LogP contribution in [-0.4, -0.2) is 34.9 Å². The Kier molecular flexibility index (Phi) is 7.29. The fourth-order valence-corrected chi connectivity index (χ4v) is 3.41. The molecule has 0 aliphatic rings. The van der Waals surface area contributed by atoms with Gasteiger partial charge in [-0.05, 0) is 59.7 Å². The van der Waals surface area contributed by atoms with E-state index in [1.54, 1.807) is 38.5 Å². The fourth-order valence-electron chi connectivity index (χ4n) is 3.28. The van der Waals surface area contributed by atoms with Gasteiger partial charge in [0.25, 0.3) is 5.91 Å². The third kappa shape index (κ3) is 5.65. The number of aromatic nitrogens is 3. The van der Waals surface area contributed by atoms with E-state index < -0.39 is 0 Å². The highest BCUT2D eigenvalue weighted by molar-refractivity contribution is 6.30. The van der Waals surface area contributed by atoms with Gasteiger partial charge < -0.3 is 20.1 Å². The summed E-state index contributed by atoms with van der Waals surface area (Å²) in [6.07, 6.45) is 0. The van der Waals surface area contributed by atoms with E-state index in [0.29, 0.717) is 35.6 Å². The van der Waals surface area contributed by atoms with Gasteiger partial charge in [0.05, 0.1) is 14.2 Å². The Hall–Kier alpha value is -4.04. The second-order valence-corrected chi connectivity index (χ2v) is 7.83. The van der Waals surface area contributed by atoms with Crippen molar-refractivity contribution < 1.29 is 14.3 Å². The molecule has 0 spiro atoms. The lowest BCUT2D eigenvalue weighted by molar-refractivity contribution is 0.0947. The number of nitrogens with zero attached hydrogens (tertiary/aromatic N) is 3. The Labute approximate surface area is 202 Å². The lowest BCUT2D eigenvalue weighted by Crippen LogP contribution is -2.17. The molecule has 1 aromatic heterocycles. The predicted octanol–water partition coefficient (Wildman–Crippen LogP) is 4.86. The Bertz CT molecular complexity index is 1270. The normalized spacial score (nSPS) is 10.6. The molecule has 0 aliphatic heterocycles. The number of nitrogens with one attached hydrogen (secondary N) is 2. The van der Waals surface area contributed by atoms with Crippen LogP contribution < -0.4 is 20.1 Å². The molecule has 0 bridgehead atoms. The molecule has 0 fully saturated rings. The monoisotopic (exact) mass is 477 g/mol. The number of carbonyl (C=O) groups is 1. The molecule has 0 atom stereocenters. The van der Waals surface area contributed by atoms with Crippen molar-refractivity contribution in [2.45, 2.75) is 13.1 Å². The lowest BCUT2D eigenvalue weighted by atomic mass is 10.2. The van der Waals surface area contributed by atoms with E-state index in [9.17, 15) is 4.79 Å². The maximum absolute atomic E-state index is 13.2. The molecule has 0 saturated heterocycles. The van der Waals surface area contributed by atoms with Gasteiger partial charge in [-0.1, -0.05) is 35.9 Å². The van der Waals surface area contributed by atoms with Crippen molar-refractivity contribution in [2.75, 3.05) is 24.9 Å². The minimum Gasteiger partial charge on any atom is -0.497 e. The second kappa shape index (κ2) is 10.7. The number of rotatable bonds is 9. The van der Waals surface area contributed by atoms with Crippen LogP contribution in [0.25, 0.3) is 0 Å². The van der Waals surface area contributed by atoms with E-state index in [1.807, 2.05) is 48.5 Å². The third-order valence-electron chi connectivity index (χ3n) is 5.06. The maximum atomic E-state index is 13.2. The molecule has 0 radical (unpaired) electrons. The number of hydrogen-bond acceptors (Lipinski definition) is 7. The first-order valence-corrected chi connectivity index (χ1v) is 10.9. The van der Waals surface area contributed by atoms with Crippen molar-refractivity contribution >= 4 is 29.4 Å². The van der Waals surface area contributed by atoms with Crippen LogP contribution in [-0.2, 0) is 13.1 Å². The second-order valence-electron chi connectivity index (χ2n) is 7.39. The van der Waals surface area contributed by atoms with Crippen LogP contribution >= 0.6 is 11.6 Å². The van der Waals surface area contributed by atoms with Crippen LogP contribution in [0.3, 0.4) is 0 Å². The topological polar surface area (TPSA) is 90.3 Å². The van der Waals surface area contributed by atoms with Gasteiger partial charge in [0.1, 0.15) is 11.5 Å². The highest BCUT2D eigenvalue weighted by Crippen LogP contribution is 2.19. The quantitative estimate of drug-likeness (QED) is 0.355. The minimum absolute atomic E-state index is 0.316. The van der Waals surface area contributed by atoms with Gasteiger partial charge in [-0.2, -0.15) is 9.67 Å². The zero-order chi connectivity index (χ0) is 23.9. The lowest BCUT2D eigenvalue weighted by Gasteiger charge is -2.08.